The van der Waals surface area contributed by atoms with Crippen molar-refractivity contribution in [2.75, 3.05) is 13.1 Å². The van der Waals surface area contributed by atoms with Crippen LogP contribution in [0.5, 0.6) is 5.75 Å². The topological polar surface area (TPSA) is 60.2 Å². The van der Waals surface area contributed by atoms with Crippen LogP contribution >= 0.6 is 0 Å². The standard InChI is InChI=1S/C18H24N4O2/c1-14-5-3-7-17(9-14)24-13-16-11-22(20-19-16)12-18(23)21-8-4-6-15(2)10-21/h3,5,7,9,11,15H,4,6,8,10,12-13H2,1-2H3/t15-/m1/s1. The van der Waals surface area contributed by atoms with E-state index in [2.05, 4.69) is 17.2 Å². The van der Waals surface area contributed by atoms with Crippen LogP contribution < -0.4 is 4.74 Å². The molecule has 1 aliphatic heterocycles. The number of carbonyl (C=O) groups is 1. The maximum atomic E-state index is 12.3. The van der Waals surface area contributed by atoms with Crippen molar-refractivity contribution in [1.29, 1.82) is 0 Å². The molecule has 6 heteroatoms. The number of carbonyl (C=O) groups excluding carboxylic acids is 1. The SMILES string of the molecule is Cc1cccc(OCc2cn(CC(=O)N3CCC[C@@H](C)C3)nn2)c1. The van der Waals surface area contributed by atoms with Gasteiger partial charge >= 0.3 is 0 Å². The Labute approximate surface area is 142 Å². The van der Waals surface area contributed by atoms with Crippen LogP contribution in [0.1, 0.15) is 31.0 Å². The molecule has 24 heavy (non-hydrogen) atoms. The fourth-order valence-electron chi connectivity index (χ4n) is 3.00. The Morgan fingerprint density at radius 3 is 3.08 bits per heavy atom. The summed E-state index contributed by atoms with van der Waals surface area (Å²) in [6, 6.07) is 7.87. The van der Waals surface area contributed by atoms with Crippen molar-refractivity contribution >= 4 is 5.91 Å². The van der Waals surface area contributed by atoms with Crippen LogP contribution in [-0.4, -0.2) is 38.9 Å². The summed E-state index contributed by atoms with van der Waals surface area (Å²) in [4.78, 5) is 14.3. The molecule has 1 aromatic carbocycles. The molecule has 6 nitrogen and oxygen atoms in total. The molecule has 1 aromatic heterocycles. The Morgan fingerprint density at radius 2 is 2.29 bits per heavy atom. The molecule has 0 unspecified atom stereocenters. The molecule has 0 bridgehead atoms. The maximum Gasteiger partial charge on any atom is 0.244 e. The third-order valence-corrected chi connectivity index (χ3v) is 4.27. The highest BCUT2D eigenvalue weighted by atomic mass is 16.5. The summed E-state index contributed by atoms with van der Waals surface area (Å²) < 4.78 is 7.30. The molecule has 1 atom stereocenters. The van der Waals surface area contributed by atoms with Gasteiger partial charge in [0.05, 0.1) is 6.20 Å². The summed E-state index contributed by atoms with van der Waals surface area (Å²) in [6.07, 6.45) is 4.06. The Bertz CT molecular complexity index is 698. The number of amides is 1. The number of benzene rings is 1. The molecule has 1 aliphatic rings. The lowest BCUT2D eigenvalue weighted by Crippen LogP contribution is -2.40. The first kappa shape index (κ1) is 16.5. The van der Waals surface area contributed by atoms with Gasteiger partial charge in [-0.05, 0) is 43.4 Å². The smallest absolute Gasteiger partial charge is 0.244 e. The van der Waals surface area contributed by atoms with Crippen molar-refractivity contribution in [3.63, 3.8) is 0 Å². The highest BCUT2D eigenvalue weighted by molar-refractivity contribution is 5.76. The lowest BCUT2D eigenvalue weighted by molar-refractivity contribution is -0.133. The Kier molecular flexibility index (Phi) is 5.13. The van der Waals surface area contributed by atoms with Crippen molar-refractivity contribution in [2.45, 2.75) is 39.8 Å². The predicted molar refractivity (Wildman–Crippen MR) is 90.5 cm³/mol. The van der Waals surface area contributed by atoms with Crippen molar-refractivity contribution in [1.82, 2.24) is 19.9 Å². The fraction of sp³-hybridized carbons (Fsp3) is 0.500. The lowest BCUT2D eigenvalue weighted by Gasteiger charge is -2.30. The summed E-state index contributed by atoms with van der Waals surface area (Å²) in [7, 11) is 0. The molecule has 0 saturated carbocycles. The van der Waals surface area contributed by atoms with Gasteiger partial charge in [0.25, 0.3) is 0 Å². The summed E-state index contributed by atoms with van der Waals surface area (Å²) in [5, 5.41) is 8.12. The third kappa shape index (κ3) is 4.34. The van der Waals surface area contributed by atoms with Crippen molar-refractivity contribution in [3.8, 4) is 5.75 Å². The second kappa shape index (κ2) is 7.47. The molecule has 0 aliphatic carbocycles. The van der Waals surface area contributed by atoms with Crippen LogP contribution in [0.15, 0.2) is 30.5 Å². The van der Waals surface area contributed by atoms with E-state index in [0.717, 1.165) is 36.5 Å². The van der Waals surface area contributed by atoms with Crippen molar-refractivity contribution in [2.24, 2.45) is 5.92 Å². The zero-order valence-corrected chi connectivity index (χ0v) is 14.3. The number of hydrogen-bond donors (Lipinski definition) is 0. The highest BCUT2D eigenvalue weighted by Crippen LogP contribution is 2.16. The number of rotatable bonds is 5. The van der Waals surface area contributed by atoms with E-state index in [1.807, 2.05) is 36.1 Å². The molecule has 2 heterocycles. The average Bonchev–Trinajstić information content (AvgIpc) is 3.00. The molecular formula is C18H24N4O2. The summed E-state index contributed by atoms with van der Waals surface area (Å²) in [5.41, 5.74) is 1.87. The maximum absolute atomic E-state index is 12.3. The molecule has 1 fully saturated rings. The number of ether oxygens (including phenoxy) is 1. The van der Waals surface area contributed by atoms with Gasteiger partial charge in [-0.1, -0.05) is 24.3 Å². The van der Waals surface area contributed by atoms with E-state index in [9.17, 15) is 4.79 Å². The van der Waals surface area contributed by atoms with Crippen LogP contribution in [0, 0.1) is 12.8 Å². The first-order valence-electron chi connectivity index (χ1n) is 8.46. The number of piperidine rings is 1. The van der Waals surface area contributed by atoms with Gasteiger partial charge in [-0.2, -0.15) is 0 Å². The predicted octanol–water partition coefficient (Wildman–Crippen LogP) is 2.42. The lowest BCUT2D eigenvalue weighted by atomic mass is 10.0. The van der Waals surface area contributed by atoms with Crippen LogP contribution in [0.3, 0.4) is 0 Å². The first-order chi connectivity index (χ1) is 11.6. The van der Waals surface area contributed by atoms with E-state index in [-0.39, 0.29) is 12.5 Å². The van der Waals surface area contributed by atoms with E-state index in [1.165, 1.54) is 6.42 Å². The van der Waals surface area contributed by atoms with Gasteiger partial charge in [0, 0.05) is 13.1 Å². The second-order valence-electron chi connectivity index (χ2n) is 6.60. The Balaban J connectivity index is 1.52. The number of hydrogen-bond acceptors (Lipinski definition) is 4. The number of aromatic nitrogens is 3. The molecule has 0 spiro atoms. The molecule has 0 radical (unpaired) electrons. The Hall–Kier alpha value is -2.37. The van der Waals surface area contributed by atoms with Crippen LogP contribution in [0.2, 0.25) is 0 Å². The number of nitrogens with zero attached hydrogens (tertiary/aromatic N) is 4. The minimum absolute atomic E-state index is 0.109. The van der Waals surface area contributed by atoms with Crippen molar-refractivity contribution < 1.29 is 9.53 Å². The second-order valence-corrected chi connectivity index (χ2v) is 6.60. The minimum atomic E-state index is 0.109. The van der Waals surface area contributed by atoms with E-state index < -0.39 is 0 Å². The molecular weight excluding hydrogens is 304 g/mol. The average molecular weight is 328 g/mol. The highest BCUT2D eigenvalue weighted by Gasteiger charge is 2.21. The zero-order valence-electron chi connectivity index (χ0n) is 14.3. The summed E-state index contributed by atoms with van der Waals surface area (Å²) >= 11 is 0. The minimum Gasteiger partial charge on any atom is -0.487 e. The van der Waals surface area contributed by atoms with Crippen LogP contribution in [-0.2, 0) is 17.9 Å². The monoisotopic (exact) mass is 328 g/mol. The Morgan fingerprint density at radius 1 is 1.42 bits per heavy atom. The first-order valence-corrected chi connectivity index (χ1v) is 8.46. The van der Waals surface area contributed by atoms with E-state index >= 15 is 0 Å². The molecule has 2 aromatic rings. The zero-order chi connectivity index (χ0) is 16.9. The van der Waals surface area contributed by atoms with Gasteiger partial charge in [-0.25, -0.2) is 4.68 Å². The number of likely N-dealkylation sites (tertiary alicyclic amines) is 1. The van der Waals surface area contributed by atoms with Gasteiger partial charge in [0.1, 0.15) is 24.6 Å². The van der Waals surface area contributed by atoms with E-state index in [1.54, 1.807) is 10.9 Å². The largest absolute Gasteiger partial charge is 0.487 e. The molecule has 3 rings (SSSR count). The van der Waals surface area contributed by atoms with Gasteiger partial charge in [0.15, 0.2) is 0 Å². The third-order valence-electron chi connectivity index (χ3n) is 4.27. The number of aryl methyl sites for hydroxylation is 1. The van der Waals surface area contributed by atoms with Crippen LogP contribution in [0.25, 0.3) is 0 Å². The van der Waals surface area contributed by atoms with Gasteiger partial charge in [0.2, 0.25) is 5.91 Å². The molecule has 1 saturated heterocycles. The van der Waals surface area contributed by atoms with E-state index in [0.29, 0.717) is 12.5 Å². The molecule has 0 N–H and O–H groups in total. The molecule has 1 amide bonds. The van der Waals surface area contributed by atoms with Gasteiger partial charge in [-0.15, -0.1) is 5.10 Å². The summed E-state index contributed by atoms with van der Waals surface area (Å²) in [6.45, 7) is 6.49. The van der Waals surface area contributed by atoms with Crippen molar-refractivity contribution in [3.05, 3.63) is 41.7 Å². The quantitative estimate of drug-likeness (QED) is 0.846. The van der Waals surface area contributed by atoms with Gasteiger partial charge in [-0.3, -0.25) is 4.79 Å². The normalized spacial score (nSPS) is 17.8. The summed E-state index contributed by atoms with van der Waals surface area (Å²) in [5.74, 6) is 1.50. The van der Waals surface area contributed by atoms with E-state index in [4.69, 9.17) is 4.74 Å². The van der Waals surface area contributed by atoms with Gasteiger partial charge < -0.3 is 9.64 Å². The molecule has 128 valence electrons. The van der Waals surface area contributed by atoms with Crippen LogP contribution in [0.4, 0.5) is 0 Å². The fourth-order valence-corrected chi connectivity index (χ4v) is 3.00.